The number of nitrogens with one attached hydrogen (secondary N) is 4. The average Bonchev–Trinajstić information content (AvgIpc) is 3.66. The molecular weight excluding hydrogens is 654 g/mol. The van der Waals surface area contributed by atoms with Crippen molar-refractivity contribution in [2.75, 3.05) is 19.8 Å². The molecule has 1 spiro atoms. The number of hydroxylamine groups is 1. The zero-order chi connectivity index (χ0) is 35.3. The van der Waals surface area contributed by atoms with Gasteiger partial charge in [0.25, 0.3) is 5.91 Å². The summed E-state index contributed by atoms with van der Waals surface area (Å²) in [6, 6.07) is 3.90. The van der Waals surface area contributed by atoms with E-state index in [2.05, 4.69) is 21.4 Å². The molecule has 49 heavy (non-hydrogen) atoms. The maximum absolute atomic E-state index is 14.5. The Morgan fingerprint density at radius 1 is 1.12 bits per heavy atom. The first-order chi connectivity index (χ1) is 23.3. The summed E-state index contributed by atoms with van der Waals surface area (Å²) in [5, 5.41) is 8.73. The monoisotopic (exact) mass is 701 g/mol. The largest absolute Gasteiger partial charge is 0.447 e. The summed E-state index contributed by atoms with van der Waals surface area (Å²) in [6.07, 6.45) is 6.03. The molecule has 4 aliphatic rings. The predicted octanol–water partition coefficient (Wildman–Crippen LogP) is 3.40. The minimum atomic E-state index is -1.12. The van der Waals surface area contributed by atoms with Crippen LogP contribution in [0.4, 0.5) is 4.79 Å². The van der Waals surface area contributed by atoms with E-state index in [1.165, 1.54) is 4.90 Å². The standard InChI is InChI=1S/C35H48ClN5O8/c1-5-9-25(28(42)31(44)37-23-13-14-23)38-30(43)27-18-35(17-26(40-49-35)21-10-8-11-22(36)16-21)20-41(27)32(45)29(34(2,3)4)39-33(46)48-19-24-12-6-7-15-47-24/h8,10-11,16-17,23-25,27,29,40H,5-7,9,12-15,18-20H2,1-4H3,(H,37,44)(H,38,43)(H,39,46)/t24?,25-,27-,29+,35+/m0/s1. The minimum Gasteiger partial charge on any atom is -0.447 e. The molecule has 1 unspecified atom stereocenters. The molecule has 3 heterocycles. The Bertz CT molecular complexity index is 1450. The highest BCUT2D eigenvalue weighted by atomic mass is 35.5. The van der Waals surface area contributed by atoms with Crippen LogP contribution in [0.5, 0.6) is 0 Å². The van der Waals surface area contributed by atoms with Gasteiger partial charge in [-0.2, -0.15) is 0 Å². The van der Waals surface area contributed by atoms with E-state index < -0.39 is 58.7 Å². The van der Waals surface area contributed by atoms with Crippen LogP contribution >= 0.6 is 11.6 Å². The van der Waals surface area contributed by atoms with Gasteiger partial charge in [-0.3, -0.25) is 29.5 Å². The summed E-state index contributed by atoms with van der Waals surface area (Å²) in [7, 11) is 0. The van der Waals surface area contributed by atoms with Gasteiger partial charge >= 0.3 is 6.09 Å². The quantitative estimate of drug-likeness (QED) is 0.239. The Balaban J connectivity index is 1.38. The van der Waals surface area contributed by atoms with Crippen molar-refractivity contribution in [3.63, 3.8) is 0 Å². The van der Waals surface area contributed by atoms with Crippen molar-refractivity contribution in [3.8, 4) is 0 Å². The van der Waals surface area contributed by atoms with E-state index in [9.17, 15) is 24.0 Å². The summed E-state index contributed by atoms with van der Waals surface area (Å²) in [6.45, 7) is 7.91. The van der Waals surface area contributed by atoms with Gasteiger partial charge in [-0.1, -0.05) is 57.8 Å². The lowest BCUT2D eigenvalue weighted by Gasteiger charge is -2.35. The summed E-state index contributed by atoms with van der Waals surface area (Å²) >= 11 is 6.23. The fourth-order valence-electron chi connectivity index (χ4n) is 6.37. The van der Waals surface area contributed by atoms with Gasteiger partial charge in [-0.05, 0) is 62.1 Å². The number of Topliss-reactive ketones (excluding diaryl/α,β-unsaturated/α-hetero) is 1. The summed E-state index contributed by atoms with van der Waals surface area (Å²) in [5.74, 6) is -2.58. The molecule has 0 bridgehead atoms. The number of nitrogens with zero attached hydrogens (tertiary/aromatic N) is 1. The molecule has 268 valence electrons. The SMILES string of the molecule is CCC[C@H](NC(=O)[C@@H]1C[C@]2(C=C(c3cccc(Cl)c3)NO2)CN1C(=O)[C@@H](NC(=O)OCC1CCCCO1)C(C)(C)C)C(=O)C(=O)NC1CC1. The number of halogens is 1. The highest BCUT2D eigenvalue weighted by Crippen LogP contribution is 2.39. The van der Waals surface area contributed by atoms with Gasteiger partial charge in [-0.25, -0.2) is 4.79 Å². The van der Waals surface area contributed by atoms with Crippen molar-refractivity contribution >= 4 is 46.9 Å². The van der Waals surface area contributed by atoms with Gasteiger partial charge in [-0.15, -0.1) is 0 Å². The zero-order valence-electron chi connectivity index (χ0n) is 28.6. The molecule has 4 N–H and O–H groups in total. The highest BCUT2D eigenvalue weighted by Gasteiger charge is 2.54. The summed E-state index contributed by atoms with van der Waals surface area (Å²) < 4.78 is 11.1. The Morgan fingerprint density at radius 3 is 2.55 bits per heavy atom. The third-order valence-corrected chi connectivity index (χ3v) is 9.48. The molecule has 3 aliphatic heterocycles. The van der Waals surface area contributed by atoms with Crippen LogP contribution in [-0.2, 0) is 33.5 Å². The lowest BCUT2D eigenvalue weighted by atomic mass is 9.85. The van der Waals surface area contributed by atoms with Gasteiger partial charge in [0.1, 0.15) is 24.3 Å². The number of likely N-dealkylation sites (tertiary alicyclic amines) is 1. The number of carbonyl (C=O) groups is 5. The second-order valence-corrected chi connectivity index (χ2v) is 15.0. The number of carbonyl (C=O) groups excluding carboxylic acids is 5. The number of amides is 4. The van der Waals surface area contributed by atoms with Crippen LogP contribution in [0.25, 0.3) is 5.70 Å². The first kappa shape index (κ1) is 36.6. The molecule has 1 saturated carbocycles. The van der Waals surface area contributed by atoms with Crippen molar-refractivity contribution < 1.29 is 38.3 Å². The van der Waals surface area contributed by atoms with Crippen molar-refractivity contribution in [2.45, 2.75) is 115 Å². The van der Waals surface area contributed by atoms with Crippen LogP contribution in [0.2, 0.25) is 5.02 Å². The van der Waals surface area contributed by atoms with Crippen LogP contribution in [0, 0.1) is 5.41 Å². The van der Waals surface area contributed by atoms with Crippen molar-refractivity contribution in [1.29, 1.82) is 0 Å². The number of hydrogen-bond acceptors (Lipinski definition) is 9. The molecule has 0 aromatic heterocycles. The summed E-state index contributed by atoms with van der Waals surface area (Å²) in [4.78, 5) is 74.9. The van der Waals surface area contributed by atoms with Crippen LogP contribution in [0.1, 0.15) is 84.6 Å². The van der Waals surface area contributed by atoms with Crippen LogP contribution in [0.3, 0.4) is 0 Å². The molecule has 4 amide bonds. The number of ether oxygens (including phenoxy) is 2. The van der Waals surface area contributed by atoms with Crippen molar-refractivity contribution in [1.82, 2.24) is 26.3 Å². The van der Waals surface area contributed by atoms with Crippen LogP contribution < -0.4 is 21.4 Å². The first-order valence-electron chi connectivity index (χ1n) is 17.2. The molecule has 1 aromatic rings. The predicted molar refractivity (Wildman–Crippen MR) is 181 cm³/mol. The fraction of sp³-hybridized carbons (Fsp3) is 0.629. The number of rotatable bonds is 12. The number of hydrogen-bond donors (Lipinski definition) is 4. The Hall–Kier alpha value is -3.68. The van der Waals surface area contributed by atoms with E-state index in [4.69, 9.17) is 25.9 Å². The highest BCUT2D eigenvalue weighted by molar-refractivity contribution is 6.38. The van der Waals surface area contributed by atoms with Gasteiger partial charge in [0.2, 0.25) is 17.6 Å². The van der Waals surface area contributed by atoms with Gasteiger partial charge in [0.05, 0.1) is 24.4 Å². The van der Waals surface area contributed by atoms with Crippen molar-refractivity contribution in [2.24, 2.45) is 5.41 Å². The third kappa shape index (κ3) is 9.31. The first-order valence-corrected chi connectivity index (χ1v) is 17.6. The van der Waals surface area contributed by atoms with Gasteiger partial charge in [0, 0.05) is 29.7 Å². The lowest BCUT2D eigenvalue weighted by Crippen LogP contribution is -2.59. The molecule has 2 saturated heterocycles. The Kier molecular flexibility index (Phi) is 11.6. The molecule has 1 aromatic carbocycles. The van der Waals surface area contributed by atoms with Crippen LogP contribution in [-0.4, -0.2) is 90.1 Å². The molecular formula is C35H48ClN5O8. The maximum Gasteiger partial charge on any atom is 0.407 e. The van der Waals surface area contributed by atoms with E-state index in [1.807, 2.05) is 19.1 Å². The minimum absolute atomic E-state index is 0.0200. The number of alkyl carbamates (subject to hydrolysis) is 1. The molecule has 14 heteroatoms. The second-order valence-electron chi connectivity index (χ2n) is 14.5. The Labute approximate surface area is 292 Å². The average molecular weight is 702 g/mol. The maximum atomic E-state index is 14.5. The lowest BCUT2D eigenvalue weighted by molar-refractivity contribution is -0.144. The van der Waals surface area contributed by atoms with E-state index in [1.54, 1.807) is 39.0 Å². The topological polar surface area (TPSA) is 164 Å². The van der Waals surface area contributed by atoms with E-state index >= 15 is 0 Å². The molecule has 0 radical (unpaired) electrons. The van der Waals surface area contributed by atoms with Gasteiger partial charge in [0.15, 0.2) is 0 Å². The molecule has 13 nitrogen and oxygen atoms in total. The molecule has 3 fully saturated rings. The fourth-order valence-corrected chi connectivity index (χ4v) is 6.56. The van der Waals surface area contributed by atoms with E-state index in [0.717, 1.165) is 37.7 Å². The third-order valence-electron chi connectivity index (χ3n) is 9.24. The van der Waals surface area contributed by atoms with E-state index in [0.29, 0.717) is 23.7 Å². The molecule has 1 aliphatic carbocycles. The number of ketones is 1. The molecule has 5 rings (SSSR count). The molecule has 5 atom stereocenters. The Morgan fingerprint density at radius 2 is 1.90 bits per heavy atom. The van der Waals surface area contributed by atoms with Gasteiger partial charge < -0.3 is 30.3 Å². The smallest absolute Gasteiger partial charge is 0.407 e. The number of benzene rings is 1. The normalized spacial score (nSPS) is 24.8. The van der Waals surface area contributed by atoms with Crippen molar-refractivity contribution in [3.05, 3.63) is 40.9 Å². The second kappa shape index (κ2) is 15.5. The summed E-state index contributed by atoms with van der Waals surface area (Å²) in [5.41, 5.74) is 2.40. The van der Waals surface area contributed by atoms with E-state index in [-0.39, 0.29) is 38.1 Å². The van der Waals surface area contributed by atoms with Crippen LogP contribution in [0.15, 0.2) is 30.3 Å². The zero-order valence-corrected chi connectivity index (χ0v) is 29.4.